The highest BCUT2D eigenvalue weighted by Crippen LogP contribution is 2.29. The van der Waals surface area contributed by atoms with Gasteiger partial charge in [0.25, 0.3) is 0 Å². The quantitative estimate of drug-likeness (QED) is 0.518. The molecule has 0 atom stereocenters. The molecule has 0 aromatic heterocycles. The van der Waals surface area contributed by atoms with E-state index in [1.165, 1.54) is 0 Å². The molecule has 0 N–H and O–H groups in total. The van der Waals surface area contributed by atoms with Crippen molar-refractivity contribution >= 4 is 22.2 Å². The molecule has 3 aromatic carbocycles. The van der Waals surface area contributed by atoms with E-state index in [9.17, 15) is 4.79 Å². The average Bonchev–Trinajstić information content (AvgIpc) is 2.62. The molecule has 24 heavy (non-hydrogen) atoms. The highest BCUT2D eigenvalue weighted by atomic mass is 79.9. The number of ether oxygens (including phenoxy) is 2. The van der Waals surface area contributed by atoms with Crippen molar-refractivity contribution in [3.05, 3.63) is 88.4 Å². The smallest absolute Gasteiger partial charge is 0.153 e. The first kappa shape index (κ1) is 16.3. The molecule has 0 aliphatic rings. The maximum atomic E-state index is 11.1. The van der Waals surface area contributed by atoms with E-state index < -0.39 is 0 Å². The van der Waals surface area contributed by atoms with Crippen molar-refractivity contribution in [3.63, 3.8) is 0 Å². The molecule has 0 heterocycles. The molecule has 0 radical (unpaired) electrons. The standard InChI is InChI=1S/C20H15BrO3/c21-17-7-6-16(13-22)20(12-17)24-19-10-8-18(9-11-19)23-14-15-4-2-1-3-5-15/h1-13H,14H2. The van der Waals surface area contributed by atoms with Gasteiger partial charge < -0.3 is 9.47 Å². The number of rotatable bonds is 6. The Balaban J connectivity index is 1.66. The first-order chi connectivity index (χ1) is 11.7. The van der Waals surface area contributed by atoms with Crippen molar-refractivity contribution in [2.24, 2.45) is 0 Å². The molecule has 4 heteroatoms. The minimum atomic E-state index is 0.502. The molecule has 3 aromatic rings. The zero-order chi connectivity index (χ0) is 16.8. The highest BCUT2D eigenvalue weighted by Gasteiger charge is 2.06. The molecule has 0 saturated heterocycles. The zero-order valence-corrected chi connectivity index (χ0v) is 14.4. The van der Waals surface area contributed by atoms with Gasteiger partial charge in [-0.15, -0.1) is 0 Å². The molecular formula is C20H15BrO3. The fraction of sp³-hybridized carbons (Fsp3) is 0.0500. The number of halogens is 1. The molecule has 0 aliphatic heterocycles. The number of aldehydes is 1. The van der Waals surface area contributed by atoms with Gasteiger partial charge in [-0.25, -0.2) is 0 Å². The van der Waals surface area contributed by atoms with E-state index in [1.807, 2.05) is 54.6 Å². The van der Waals surface area contributed by atoms with Gasteiger partial charge in [0, 0.05) is 4.47 Å². The van der Waals surface area contributed by atoms with Gasteiger partial charge in [0.2, 0.25) is 0 Å². The Bertz CT molecular complexity index is 814. The van der Waals surface area contributed by atoms with Crippen LogP contribution in [0.15, 0.2) is 77.3 Å². The number of hydrogen-bond donors (Lipinski definition) is 0. The summed E-state index contributed by atoms with van der Waals surface area (Å²) in [5.41, 5.74) is 1.62. The van der Waals surface area contributed by atoms with E-state index in [2.05, 4.69) is 15.9 Å². The monoisotopic (exact) mass is 382 g/mol. The molecule has 3 rings (SSSR count). The number of carbonyl (C=O) groups is 1. The van der Waals surface area contributed by atoms with Crippen LogP contribution in [-0.4, -0.2) is 6.29 Å². The fourth-order valence-electron chi connectivity index (χ4n) is 2.17. The third kappa shape index (κ3) is 4.24. The van der Waals surface area contributed by atoms with Crippen molar-refractivity contribution in [1.29, 1.82) is 0 Å². The summed E-state index contributed by atoms with van der Waals surface area (Å²) in [5, 5.41) is 0. The number of hydrogen-bond acceptors (Lipinski definition) is 3. The van der Waals surface area contributed by atoms with Gasteiger partial charge in [0.05, 0.1) is 5.56 Å². The Kier molecular flexibility index (Phi) is 5.29. The number of carbonyl (C=O) groups excluding carboxylic acids is 1. The summed E-state index contributed by atoms with van der Waals surface area (Å²) in [5.74, 6) is 1.91. The van der Waals surface area contributed by atoms with E-state index >= 15 is 0 Å². The molecule has 0 bridgehead atoms. The van der Waals surface area contributed by atoms with Crippen molar-refractivity contribution in [3.8, 4) is 17.2 Å². The Morgan fingerprint density at radius 1 is 0.875 bits per heavy atom. The lowest BCUT2D eigenvalue weighted by molar-refractivity contribution is 0.112. The van der Waals surface area contributed by atoms with E-state index in [0.29, 0.717) is 23.7 Å². The van der Waals surface area contributed by atoms with E-state index in [-0.39, 0.29) is 0 Å². The summed E-state index contributed by atoms with van der Waals surface area (Å²) in [6.45, 7) is 0.516. The predicted molar refractivity (Wildman–Crippen MR) is 96.8 cm³/mol. The molecule has 0 spiro atoms. The van der Waals surface area contributed by atoms with Crippen molar-refractivity contribution < 1.29 is 14.3 Å². The van der Waals surface area contributed by atoms with Crippen LogP contribution in [0.4, 0.5) is 0 Å². The molecular weight excluding hydrogens is 368 g/mol. The van der Waals surface area contributed by atoms with Gasteiger partial charge in [-0.05, 0) is 48.0 Å². The Morgan fingerprint density at radius 3 is 2.29 bits per heavy atom. The average molecular weight is 383 g/mol. The molecule has 120 valence electrons. The first-order valence-corrected chi connectivity index (χ1v) is 8.23. The van der Waals surface area contributed by atoms with Gasteiger partial charge in [-0.3, -0.25) is 4.79 Å². The van der Waals surface area contributed by atoms with Gasteiger partial charge in [-0.1, -0.05) is 46.3 Å². The summed E-state index contributed by atoms with van der Waals surface area (Å²) < 4.78 is 12.4. The lowest BCUT2D eigenvalue weighted by Crippen LogP contribution is -1.95. The van der Waals surface area contributed by atoms with Crippen LogP contribution in [0.2, 0.25) is 0 Å². The summed E-state index contributed by atoms with van der Waals surface area (Å²) in [4.78, 5) is 11.1. The first-order valence-electron chi connectivity index (χ1n) is 7.44. The third-order valence-corrected chi connectivity index (χ3v) is 3.90. The second-order valence-corrected chi connectivity index (χ2v) is 6.06. The number of benzene rings is 3. The minimum Gasteiger partial charge on any atom is -0.489 e. The van der Waals surface area contributed by atoms with Crippen LogP contribution in [-0.2, 0) is 6.61 Å². The van der Waals surface area contributed by atoms with Gasteiger partial charge in [0.1, 0.15) is 23.9 Å². The maximum absolute atomic E-state index is 11.1. The van der Waals surface area contributed by atoms with Crippen LogP contribution in [0.3, 0.4) is 0 Å². The molecule has 0 fully saturated rings. The normalized spacial score (nSPS) is 10.2. The Hall–Kier alpha value is -2.59. The van der Waals surface area contributed by atoms with Crippen LogP contribution in [0, 0.1) is 0 Å². The molecule has 0 unspecified atom stereocenters. The summed E-state index contributed by atoms with van der Waals surface area (Å²) in [6.07, 6.45) is 0.777. The lowest BCUT2D eigenvalue weighted by atomic mass is 10.2. The maximum Gasteiger partial charge on any atom is 0.153 e. The molecule has 0 aliphatic carbocycles. The second kappa shape index (κ2) is 7.79. The zero-order valence-electron chi connectivity index (χ0n) is 12.8. The molecule has 0 amide bonds. The Morgan fingerprint density at radius 2 is 1.58 bits per heavy atom. The fourth-order valence-corrected chi connectivity index (χ4v) is 2.51. The van der Waals surface area contributed by atoms with Crippen molar-refractivity contribution in [2.75, 3.05) is 0 Å². The van der Waals surface area contributed by atoms with Crippen LogP contribution in [0.25, 0.3) is 0 Å². The van der Waals surface area contributed by atoms with Crippen molar-refractivity contribution in [2.45, 2.75) is 6.61 Å². The summed E-state index contributed by atoms with van der Waals surface area (Å²) in [7, 11) is 0. The van der Waals surface area contributed by atoms with Crippen LogP contribution >= 0.6 is 15.9 Å². The predicted octanol–water partition coefficient (Wildman–Crippen LogP) is 5.63. The molecule has 0 saturated carbocycles. The highest BCUT2D eigenvalue weighted by molar-refractivity contribution is 9.10. The van der Waals surface area contributed by atoms with Crippen LogP contribution in [0.1, 0.15) is 15.9 Å². The van der Waals surface area contributed by atoms with Crippen LogP contribution in [0.5, 0.6) is 17.2 Å². The molecule has 3 nitrogen and oxygen atoms in total. The van der Waals surface area contributed by atoms with Gasteiger partial charge in [-0.2, -0.15) is 0 Å². The lowest BCUT2D eigenvalue weighted by Gasteiger charge is -2.10. The van der Waals surface area contributed by atoms with Gasteiger partial charge >= 0.3 is 0 Å². The van der Waals surface area contributed by atoms with Crippen molar-refractivity contribution in [1.82, 2.24) is 0 Å². The van der Waals surface area contributed by atoms with Crippen LogP contribution < -0.4 is 9.47 Å². The van der Waals surface area contributed by atoms with E-state index in [0.717, 1.165) is 22.1 Å². The Labute approximate surface area is 149 Å². The minimum absolute atomic E-state index is 0.502. The van der Waals surface area contributed by atoms with Gasteiger partial charge in [0.15, 0.2) is 6.29 Å². The third-order valence-electron chi connectivity index (χ3n) is 3.40. The van der Waals surface area contributed by atoms with E-state index in [1.54, 1.807) is 18.2 Å². The second-order valence-electron chi connectivity index (χ2n) is 5.15. The summed E-state index contributed by atoms with van der Waals surface area (Å²) >= 11 is 3.38. The summed E-state index contributed by atoms with van der Waals surface area (Å²) in [6, 6.07) is 22.6. The van der Waals surface area contributed by atoms with E-state index in [4.69, 9.17) is 9.47 Å². The largest absolute Gasteiger partial charge is 0.489 e. The SMILES string of the molecule is O=Cc1ccc(Br)cc1Oc1ccc(OCc2ccccc2)cc1. The topological polar surface area (TPSA) is 35.5 Å².